The van der Waals surface area contributed by atoms with E-state index in [1.54, 1.807) is 13.2 Å². The van der Waals surface area contributed by atoms with Crippen LogP contribution in [-0.4, -0.2) is 39.7 Å². The first-order chi connectivity index (χ1) is 17.8. The molecule has 0 saturated carbocycles. The van der Waals surface area contributed by atoms with Crippen molar-refractivity contribution < 1.29 is 9.53 Å². The standard InChI is InChI=1S/C28H28ClN5O2S/c1-28(2,3)21-11-9-19(10-12-21)26-32-33-27(34(26)22-13-15-23(36-4)16-14-22)37-18-25(35)31-30-17-20-7-5-6-8-24(20)29/h5-17H,18H2,1-4H3,(H,31,35). The molecule has 0 unspecified atom stereocenters. The number of hydrazone groups is 1. The first-order valence-electron chi connectivity index (χ1n) is 11.7. The molecule has 190 valence electrons. The number of aromatic nitrogens is 3. The van der Waals surface area contributed by atoms with Crippen LogP contribution in [0, 0.1) is 0 Å². The van der Waals surface area contributed by atoms with Crippen molar-refractivity contribution in [1.82, 2.24) is 20.2 Å². The van der Waals surface area contributed by atoms with Gasteiger partial charge in [0.2, 0.25) is 0 Å². The summed E-state index contributed by atoms with van der Waals surface area (Å²) in [6.07, 6.45) is 1.52. The van der Waals surface area contributed by atoms with E-state index in [1.807, 2.05) is 47.0 Å². The van der Waals surface area contributed by atoms with Gasteiger partial charge in [-0.25, -0.2) is 5.43 Å². The zero-order valence-electron chi connectivity index (χ0n) is 21.1. The van der Waals surface area contributed by atoms with Crippen LogP contribution in [0.5, 0.6) is 5.75 Å². The number of benzene rings is 3. The maximum absolute atomic E-state index is 12.5. The van der Waals surface area contributed by atoms with Crippen LogP contribution in [-0.2, 0) is 10.2 Å². The van der Waals surface area contributed by atoms with Crippen molar-refractivity contribution in [3.8, 4) is 22.8 Å². The first kappa shape index (κ1) is 26.4. The molecule has 1 amide bonds. The van der Waals surface area contributed by atoms with Crippen LogP contribution in [0.15, 0.2) is 83.1 Å². The summed E-state index contributed by atoms with van der Waals surface area (Å²) in [5.74, 6) is 1.27. The van der Waals surface area contributed by atoms with E-state index in [4.69, 9.17) is 16.3 Å². The maximum atomic E-state index is 12.5. The molecule has 9 heteroatoms. The van der Waals surface area contributed by atoms with Crippen molar-refractivity contribution in [2.24, 2.45) is 5.10 Å². The Labute approximate surface area is 225 Å². The molecule has 0 aliphatic rings. The Morgan fingerprint density at radius 1 is 1.05 bits per heavy atom. The lowest BCUT2D eigenvalue weighted by Gasteiger charge is -2.19. The summed E-state index contributed by atoms with van der Waals surface area (Å²) in [7, 11) is 1.63. The summed E-state index contributed by atoms with van der Waals surface area (Å²) < 4.78 is 7.25. The summed E-state index contributed by atoms with van der Waals surface area (Å²) >= 11 is 7.40. The molecule has 0 aliphatic heterocycles. The van der Waals surface area contributed by atoms with Crippen LogP contribution >= 0.6 is 23.4 Å². The molecule has 4 aromatic rings. The topological polar surface area (TPSA) is 81.4 Å². The van der Waals surface area contributed by atoms with Gasteiger partial charge in [0.15, 0.2) is 11.0 Å². The molecule has 1 heterocycles. The zero-order chi connectivity index (χ0) is 26.4. The number of carbonyl (C=O) groups is 1. The largest absolute Gasteiger partial charge is 0.497 e. The van der Waals surface area contributed by atoms with E-state index in [0.29, 0.717) is 16.0 Å². The smallest absolute Gasteiger partial charge is 0.250 e. The average molecular weight is 534 g/mol. The van der Waals surface area contributed by atoms with E-state index in [0.717, 1.165) is 22.6 Å². The van der Waals surface area contributed by atoms with Gasteiger partial charge in [0.05, 0.1) is 19.1 Å². The summed E-state index contributed by atoms with van der Waals surface area (Å²) in [4.78, 5) is 12.5. The van der Waals surface area contributed by atoms with Crippen LogP contribution < -0.4 is 10.2 Å². The highest BCUT2D eigenvalue weighted by Crippen LogP contribution is 2.30. The van der Waals surface area contributed by atoms with Crippen molar-refractivity contribution in [2.45, 2.75) is 31.3 Å². The molecule has 4 rings (SSSR count). The number of hydrogen-bond donors (Lipinski definition) is 1. The highest BCUT2D eigenvalue weighted by Gasteiger charge is 2.19. The Morgan fingerprint density at radius 3 is 2.41 bits per heavy atom. The lowest BCUT2D eigenvalue weighted by molar-refractivity contribution is -0.118. The van der Waals surface area contributed by atoms with E-state index in [2.05, 4.69) is 65.8 Å². The minimum absolute atomic E-state index is 0.0465. The van der Waals surface area contributed by atoms with Gasteiger partial charge < -0.3 is 4.74 Å². The first-order valence-corrected chi connectivity index (χ1v) is 13.0. The van der Waals surface area contributed by atoms with Crippen LogP contribution in [0.25, 0.3) is 17.1 Å². The second-order valence-electron chi connectivity index (χ2n) is 9.27. The third kappa shape index (κ3) is 6.58. The molecule has 0 saturated heterocycles. The number of halogens is 1. The van der Waals surface area contributed by atoms with E-state index in [9.17, 15) is 4.79 Å². The fraction of sp³-hybridized carbons (Fsp3) is 0.214. The number of ether oxygens (including phenoxy) is 1. The predicted octanol–water partition coefficient (Wildman–Crippen LogP) is 6.14. The second kappa shape index (κ2) is 11.6. The van der Waals surface area contributed by atoms with Gasteiger partial charge in [0.1, 0.15) is 5.75 Å². The van der Waals surface area contributed by atoms with Crippen molar-refractivity contribution in [1.29, 1.82) is 0 Å². The monoisotopic (exact) mass is 533 g/mol. The Hall–Kier alpha value is -3.62. The number of nitrogens with one attached hydrogen (secondary N) is 1. The van der Waals surface area contributed by atoms with E-state index in [-0.39, 0.29) is 17.1 Å². The van der Waals surface area contributed by atoms with Crippen molar-refractivity contribution in [2.75, 3.05) is 12.9 Å². The second-order valence-corrected chi connectivity index (χ2v) is 10.6. The van der Waals surface area contributed by atoms with E-state index in [1.165, 1.54) is 23.5 Å². The molecule has 7 nitrogen and oxygen atoms in total. The van der Waals surface area contributed by atoms with Crippen LogP contribution in [0.1, 0.15) is 31.9 Å². The average Bonchev–Trinajstić information content (AvgIpc) is 3.32. The molecular weight excluding hydrogens is 506 g/mol. The summed E-state index contributed by atoms with van der Waals surface area (Å²) in [5.41, 5.74) is 6.33. The molecular formula is C28H28ClN5O2S. The molecule has 1 aromatic heterocycles. The fourth-order valence-corrected chi connectivity index (χ4v) is 4.48. The van der Waals surface area contributed by atoms with Gasteiger partial charge in [0, 0.05) is 21.8 Å². The van der Waals surface area contributed by atoms with Gasteiger partial charge in [-0.05, 0) is 41.3 Å². The molecule has 3 aromatic carbocycles. The van der Waals surface area contributed by atoms with Gasteiger partial charge in [-0.1, -0.05) is 86.6 Å². The molecule has 0 radical (unpaired) electrons. The Morgan fingerprint density at radius 2 is 1.76 bits per heavy atom. The minimum Gasteiger partial charge on any atom is -0.497 e. The van der Waals surface area contributed by atoms with E-state index < -0.39 is 0 Å². The zero-order valence-corrected chi connectivity index (χ0v) is 22.7. The normalized spacial score (nSPS) is 11.6. The van der Waals surface area contributed by atoms with Gasteiger partial charge in [-0.3, -0.25) is 9.36 Å². The summed E-state index contributed by atoms with van der Waals surface area (Å²) in [6, 6.07) is 23.2. The molecule has 0 fully saturated rings. The third-order valence-corrected chi connectivity index (χ3v) is 6.88. The Kier molecular flexibility index (Phi) is 8.31. The minimum atomic E-state index is -0.270. The van der Waals surface area contributed by atoms with Crippen molar-refractivity contribution in [3.05, 3.63) is 88.9 Å². The number of hydrogen-bond acceptors (Lipinski definition) is 6. The maximum Gasteiger partial charge on any atom is 0.250 e. The summed E-state index contributed by atoms with van der Waals surface area (Å²) in [5, 5.41) is 14.0. The number of rotatable bonds is 8. The quantitative estimate of drug-likeness (QED) is 0.167. The molecule has 0 spiro atoms. The number of carbonyl (C=O) groups excluding carboxylic acids is 1. The predicted molar refractivity (Wildman–Crippen MR) is 150 cm³/mol. The van der Waals surface area contributed by atoms with Crippen LogP contribution in [0.2, 0.25) is 5.02 Å². The summed E-state index contributed by atoms with van der Waals surface area (Å²) in [6.45, 7) is 6.54. The molecule has 37 heavy (non-hydrogen) atoms. The van der Waals surface area contributed by atoms with Gasteiger partial charge in [-0.2, -0.15) is 5.10 Å². The highest BCUT2D eigenvalue weighted by molar-refractivity contribution is 7.99. The molecule has 0 aliphatic carbocycles. The lowest BCUT2D eigenvalue weighted by Crippen LogP contribution is -2.20. The lowest BCUT2D eigenvalue weighted by atomic mass is 9.87. The molecule has 1 N–H and O–H groups in total. The highest BCUT2D eigenvalue weighted by atomic mass is 35.5. The Bertz CT molecular complexity index is 1390. The number of amides is 1. The van der Waals surface area contributed by atoms with Gasteiger partial charge in [0.25, 0.3) is 5.91 Å². The SMILES string of the molecule is COc1ccc(-n2c(SCC(=O)NN=Cc3ccccc3Cl)nnc2-c2ccc(C(C)(C)C)cc2)cc1. The molecule has 0 atom stereocenters. The Balaban J connectivity index is 1.56. The van der Waals surface area contributed by atoms with Crippen LogP contribution in [0.3, 0.4) is 0 Å². The van der Waals surface area contributed by atoms with Gasteiger partial charge >= 0.3 is 0 Å². The fourth-order valence-electron chi connectivity index (χ4n) is 3.55. The number of nitrogens with zero attached hydrogens (tertiary/aromatic N) is 4. The molecule has 0 bridgehead atoms. The van der Waals surface area contributed by atoms with E-state index >= 15 is 0 Å². The van der Waals surface area contributed by atoms with Crippen molar-refractivity contribution in [3.63, 3.8) is 0 Å². The number of methoxy groups -OCH3 is 1. The van der Waals surface area contributed by atoms with Crippen LogP contribution in [0.4, 0.5) is 0 Å². The third-order valence-electron chi connectivity index (χ3n) is 5.60. The number of thioether (sulfide) groups is 1. The van der Waals surface area contributed by atoms with Gasteiger partial charge in [-0.15, -0.1) is 10.2 Å². The van der Waals surface area contributed by atoms with Crippen molar-refractivity contribution >= 4 is 35.5 Å².